The number of amides is 1. The number of benzene rings is 2. The number of nitrogens with zero attached hydrogens (tertiary/aromatic N) is 3. The fraction of sp³-hybridized carbons (Fsp3) is 0.462. The molecule has 3 aliphatic rings. The van der Waals surface area contributed by atoms with Crippen LogP contribution >= 0.6 is 0 Å². The van der Waals surface area contributed by atoms with Gasteiger partial charge in [0.15, 0.2) is 5.75 Å². The van der Waals surface area contributed by atoms with Crippen molar-refractivity contribution in [1.29, 1.82) is 0 Å². The van der Waals surface area contributed by atoms with Crippen LogP contribution in [0.4, 0.5) is 5.69 Å². The molecule has 0 aromatic heterocycles. The van der Waals surface area contributed by atoms with E-state index in [2.05, 4.69) is 16.7 Å². The average molecular weight is 434 g/mol. The van der Waals surface area contributed by atoms with E-state index in [4.69, 9.17) is 14.5 Å². The van der Waals surface area contributed by atoms with E-state index in [9.17, 15) is 4.79 Å². The lowest BCUT2D eigenvalue weighted by Gasteiger charge is -2.43. The second kappa shape index (κ2) is 8.85. The predicted octanol–water partition coefficient (Wildman–Crippen LogP) is 4.99. The van der Waals surface area contributed by atoms with E-state index >= 15 is 0 Å². The second-order valence-electron chi connectivity index (χ2n) is 9.03. The van der Waals surface area contributed by atoms with Crippen LogP contribution in [0.2, 0.25) is 0 Å². The molecule has 2 heterocycles. The summed E-state index contributed by atoms with van der Waals surface area (Å²) >= 11 is 0. The number of piperazine rings is 1. The number of para-hydroxylation sites is 2. The smallest absolute Gasteiger partial charge is 0.226 e. The molecule has 6 heteroatoms. The third-order valence-electron chi connectivity index (χ3n) is 6.90. The summed E-state index contributed by atoms with van der Waals surface area (Å²) in [6.45, 7) is 4.37. The Hall–Kier alpha value is -3.02. The van der Waals surface area contributed by atoms with Crippen LogP contribution in [-0.4, -0.2) is 54.3 Å². The molecule has 0 bridgehead atoms. The maximum atomic E-state index is 13.2. The highest BCUT2D eigenvalue weighted by molar-refractivity contribution is 6.04. The third-order valence-corrected chi connectivity index (χ3v) is 6.90. The largest absolute Gasteiger partial charge is 0.497 e. The summed E-state index contributed by atoms with van der Waals surface area (Å²) in [6, 6.07) is 13.8. The van der Waals surface area contributed by atoms with Crippen molar-refractivity contribution < 1.29 is 14.3 Å². The summed E-state index contributed by atoms with van der Waals surface area (Å²) in [5, 5.41) is 0. The lowest BCUT2D eigenvalue weighted by molar-refractivity contribution is -0.140. The van der Waals surface area contributed by atoms with Gasteiger partial charge in [0.25, 0.3) is 0 Å². The van der Waals surface area contributed by atoms with E-state index in [0.717, 1.165) is 66.8 Å². The highest BCUT2D eigenvalue weighted by Crippen LogP contribution is 2.39. The molecule has 1 saturated carbocycles. The first-order chi connectivity index (χ1) is 15.6. The van der Waals surface area contributed by atoms with Crippen molar-refractivity contribution in [3.05, 3.63) is 48.0 Å². The molecule has 1 aliphatic carbocycles. The van der Waals surface area contributed by atoms with Crippen molar-refractivity contribution in [2.45, 2.75) is 45.1 Å². The summed E-state index contributed by atoms with van der Waals surface area (Å²) in [5.41, 5.74) is 1.73. The van der Waals surface area contributed by atoms with Crippen LogP contribution in [-0.2, 0) is 4.79 Å². The van der Waals surface area contributed by atoms with Crippen molar-refractivity contribution in [3.63, 3.8) is 0 Å². The van der Waals surface area contributed by atoms with Gasteiger partial charge >= 0.3 is 0 Å². The van der Waals surface area contributed by atoms with Gasteiger partial charge in [0.2, 0.25) is 5.91 Å². The van der Waals surface area contributed by atoms with Gasteiger partial charge in [-0.3, -0.25) is 4.79 Å². The van der Waals surface area contributed by atoms with Crippen molar-refractivity contribution in [2.24, 2.45) is 10.9 Å². The normalized spacial score (nSPS) is 21.1. The van der Waals surface area contributed by atoms with Crippen molar-refractivity contribution >= 4 is 17.4 Å². The number of amidine groups is 1. The van der Waals surface area contributed by atoms with Crippen molar-refractivity contribution in [2.75, 3.05) is 26.7 Å². The third kappa shape index (κ3) is 3.94. The summed E-state index contributed by atoms with van der Waals surface area (Å²) in [4.78, 5) is 22.6. The highest BCUT2D eigenvalue weighted by atomic mass is 16.5. The lowest BCUT2D eigenvalue weighted by Crippen LogP contribution is -2.56. The quantitative estimate of drug-likeness (QED) is 0.669. The van der Waals surface area contributed by atoms with E-state index in [1.807, 2.05) is 42.5 Å². The molecule has 168 valence electrons. The standard InChI is InChI=1S/C26H31N3O3/c1-18-17-28(14-15-29(18)26(30)19-8-4-3-5-9-19)25-21-16-20(31-2)12-13-23(21)32-24-11-7-6-10-22(24)27-25/h6-7,10-13,16,18-19H,3-5,8-9,14-15,17H2,1-2H3. The molecule has 6 nitrogen and oxygen atoms in total. The summed E-state index contributed by atoms with van der Waals surface area (Å²) in [7, 11) is 1.67. The maximum Gasteiger partial charge on any atom is 0.226 e. The fourth-order valence-electron chi connectivity index (χ4n) is 5.13. The summed E-state index contributed by atoms with van der Waals surface area (Å²) in [5.74, 6) is 3.70. The van der Waals surface area contributed by atoms with Gasteiger partial charge in [-0.25, -0.2) is 4.99 Å². The Labute approximate surface area is 189 Å². The molecule has 2 aromatic rings. The Kier molecular flexibility index (Phi) is 5.77. The number of fused-ring (bicyclic) bond motifs is 2. The molecule has 32 heavy (non-hydrogen) atoms. The topological polar surface area (TPSA) is 54.4 Å². The van der Waals surface area contributed by atoms with Crippen LogP contribution in [0.1, 0.15) is 44.6 Å². The van der Waals surface area contributed by atoms with Crippen LogP contribution in [0, 0.1) is 5.92 Å². The minimum Gasteiger partial charge on any atom is -0.497 e. The summed E-state index contributed by atoms with van der Waals surface area (Å²) in [6.07, 6.45) is 5.71. The van der Waals surface area contributed by atoms with E-state index in [1.165, 1.54) is 19.3 Å². The van der Waals surface area contributed by atoms with Gasteiger partial charge in [0.05, 0.1) is 12.7 Å². The first-order valence-corrected chi connectivity index (χ1v) is 11.7. The molecular formula is C26H31N3O3. The first-order valence-electron chi connectivity index (χ1n) is 11.7. The average Bonchev–Trinajstić information content (AvgIpc) is 3.00. The molecule has 2 fully saturated rings. The van der Waals surface area contributed by atoms with Crippen LogP contribution in [0.5, 0.6) is 17.2 Å². The van der Waals surface area contributed by atoms with Crippen molar-refractivity contribution in [3.8, 4) is 17.2 Å². The number of hydrogen-bond acceptors (Lipinski definition) is 5. The number of hydrogen-bond donors (Lipinski definition) is 0. The Balaban J connectivity index is 1.44. The van der Waals surface area contributed by atoms with Crippen LogP contribution in [0.15, 0.2) is 47.5 Å². The van der Waals surface area contributed by atoms with Crippen LogP contribution in [0.25, 0.3) is 0 Å². The molecule has 2 aliphatic heterocycles. The van der Waals surface area contributed by atoms with Gasteiger partial charge in [-0.15, -0.1) is 0 Å². The number of methoxy groups -OCH3 is 1. The minimum absolute atomic E-state index is 0.134. The van der Waals surface area contributed by atoms with Crippen LogP contribution < -0.4 is 9.47 Å². The molecule has 1 atom stereocenters. The van der Waals surface area contributed by atoms with Gasteiger partial charge in [-0.1, -0.05) is 31.4 Å². The van der Waals surface area contributed by atoms with E-state index in [0.29, 0.717) is 5.91 Å². The molecule has 1 unspecified atom stereocenters. The number of rotatable bonds is 2. The molecule has 1 amide bonds. The van der Waals surface area contributed by atoms with Crippen molar-refractivity contribution in [1.82, 2.24) is 9.80 Å². The predicted molar refractivity (Wildman–Crippen MR) is 125 cm³/mol. The number of ether oxygens (including phenoxy) is 2. The number of carbonyl (C=O) groups excluding carboxylic acids is 1. The molecule has 1 saturated heterocycles. The Morgan fingerprint density at radius 1 is 1.06 bits per heavy atom. The highest BCUT2D eigenvalue weighted by Gasteiger charge is 2.34. The lowest BCUT2D eigenvalue weighted by atomic mass is 9.87. The minimum atomic E-state index is 0.134. The van der Waals surface area contributed by atoms with E-state index in [1.54, 1.807) is 7.11 Å². The summed E-state index contributed by atoms with van der Waals surface area (Å²) < 4.78 is 11.7. The monoisotopic (exact) mass is 433 g/mol. The van der Waals surface area contributed by atoms with E-state index in [-0.39, 0.29) is 12.0 Å². The van der Waals surface area contributed by atoms with Gasteiger partial charge in [0.1, 0.15) is 23.0 Å². The SMILES string of the molecule is COc1ccc2c(c1)C(N1CCN(C(=O)C3CCCCC3)C(C)C1)=Nc1ccccc1O2. The molecule has 0 radical (unpaired) electrons. The zero-order chi connectivity index (χ0) is 22.1. The molecule has 0 N–H and O–H groups in total. The fourth-order valence-corrected chi connectivity index (χ4v) is 5.13. The molecule has 2 aromatic carbocycles. The van der Waals surface area contributed by atoms with Gasteiger partial charge < -0.3 is 19.3 Å². The van der Waals surface area contributed by atoms with Crippen LogP contribution in [0.3, 0.4) is 0 Å². The Bertz CT molecular complexity index is 1030. The van der Waals surface area contributed by atoms with Gasteiger partial charge in [-0.05, 0) is 50.1 Å². The first kappa shape index (κ1) is 20.9. The number of carbonyl (C=O) groups is 1. The molecule has 0 spiro atoms. The second-order valence-corrected chi connectivity index (χ2v) is 9.03. The Morgan fingerprint density at radius 2 is 1.88 bits per heavy atom. The molecule has 5 rings (SSSR count). The zero-order valence-electron chi connectivity index (χ0n) is 18.9. The Morgan fingerprint density at radius 3 is 2.66 bits per heavy atom. The zero-order valence-corrected chi connectivity index (χ0v) is 18.9. The van der Waals surface area contributed by atoms with Gasteiger partial charge in [0, 0.05) is 31.6 Å². The maximum absolute atomic E-state index is 13.2. The van der Waals surface area contributed by atoms with Gasteiger partial charge in [-0.2, -0.15) is 0 Å². The molecular weight excluding hydrogens is 402 g/mol. The number of aliphatic imine (C=N–C) groups is 1. The van der Waals surface area contributed by atoms with E-state index < -0.39 is 0 Å².